The summed E-state index contributed by atoms with van der Waals surface area (Å²) in [6, 6.07) is 14.8. The number of aryl methyl sites for hydroxylation is 1. The van der Waals surface area contributed by atoms with Crippen molar-refractivity contribution < 1.29 is 9.59 Å². The zero-order valence-corrected chi connectivity index (χ0v) is 14.3. The van der Waals surface area contributed by atoms with Gasteiger partial charge in [-0.15, -0.1) is 0 Å². The lowest BCUT2D eigenvalue weighted by molar-refractivity contribution is -0.121. The monoisotopic (exact) mass is 372 g/mol. The van der Waals surface area contributed by atoms with Gasteiger partial charge in [0.05, 0.1) is 18.2 Å². The Bertz CT molecular complexity index is 743. The van der Waals surface area contributed by atoms with Crippen LogP contribution in [0.1, 0.15) is 17.5 Å². The topological polar surface area (TPSA) is 49.4 Å². The van der Waals surface area contributed by atoms with E-state index >= 15 is 0 Å². The van der Waals surface area contributed by atoms with Gasteiger partial charge < -0.3 is 5.32 Å². The summed E-state index contributed by atoms with van der Waals surface area (Å²) in [5.41, 5.74) is 2.79. The number of amides is 2. The second-order valence-electron chi connectivity index (χ2n) is 5.67. The van der Waals surface area contributed by atoms with Gasteiger partial charge in [0.1, 0.15) is 0 Å². The smallest absolute Gasteiger partial charge is 0.251 e. The minimum absolute atomic E-state index is 0.161. The Morgan fingerprint density at radius 1 is 1.17 bits per heavy atom. The number of nitrogens with one attached hydrogen (secondary N) is 1. The van der Waals surface area contributed by atoms with Crippen molar-refractivity contribution in [3.05, 3.63) is 64.1 Å². The molecule has 2 amide bonds. The van der Waals surface area contributed by atoms with Crippen molar-refractivity contribution in [2.24, 2.45) is 0 Å². The van der Waals surface area contributed by atoms with Gasteiger partial charge in [-0.25, -0.2) is 4.90 Å². The number of carbonyl (C=O) groups is 2. The van der Waals surface area contributed by atoms with E-state index in [0.29, 0.717) is 12.2 Å². The fourth-order valence-corrected chi connectivity index (χ4v) is 3.09. The van der Waals surface area contributed by atoms with Crippen molar-refractivity contribution in [3.63, 3.8) is 0 Å². The Morgan fingerprint density at radius 2 is 1.91 bits per heavy atom. The summed E-state index contributed by atoms with van der Waals surface area (Å²) < 4.78 is 0.993. The first-order chi connectivity index (χ1) is 11.0. The molecule has 118 valence electrons. The summed E-state index contributed by atoms with van der Waals surface area (Å²) >= 11 is 3.43. The van der Waals surface area contributed by atoms with Crippen molar-refractivity contribution in [2.75, 3.05) is 4.90 Å². The third-order valence-electron chi connectivity index (χ3n) is 3.88. The van der Waals surface area contributed by atoms with Gasteiger partial charge in [-0.05, 0) is 36.8 Å². The molecular formula is C18H17BrN2O2. The van der Waals surface area contributed by atoms with Gasteiger partial charge in [0.2, 0.25) is 5.91 Å². The zero-order valence-electron chi connectivity index (χ0n) is 12.8. The largest absolute Gasteiger partial charge is 0.301 e. The molecule has 1 fully saturated rings. The maximum atomic E-state index is 12.5. The number of hydrogen-bond donors (Lipinski definition) is 1. The number of hydrogen-bond acceptors (Lipinski definition) is 3. The minimum atomic E-state index is -0.470. The Hall–Kier alpha value is -1.98. The van der Waals surface area contributed by atoms with Crippen LogP contribution in [0.3, 0.4) is 0 Å². The van der Waals surface area contributed by atoms with Gasteiger partial charge in [-0.1, -0.05) is 45.8 Å². The van der Waals surface area contributed by atoms with E-state index in [1.165, 1.54) is 4.90 Å². The quantitative estimate of drug-likeness (QED) is 0.838. The van der Waals surface area contributed by atoms with Gasteiger partial charge in [0.25, 0.3) is 5.91 Å². The third-order valence-corrected chi connectivity index (χ3v) is 4.37. The predicted octanol–water partition coefficient (Wildman–Crippen LogP) is 3.18. The highest BCUT2D eigenvalue weighted by Gasteiger charge is 2.39. The molecular weight excluding hydrogens is 356 g/mol. The van der Waals surface area contributed by atoms with Gasteiger partial charge in [-0.3, -0.25) is 9.59 Å². The van der Waals surface area contributed by atoms with Crippen molar-refractivity contribution >= 4 is 33.4 Å². The summed E-state index contributed by atoms with van der Waals surface area (Å²) in [4.78, 5) is 26.0. The molecule has 1 heterocycles. The molecule has 0 unspecified atom stereocenters. The zero-order chi connectivity index (χ0) is 16.4. The molecule has 5 heteroatoms. The van der Waals surface area contributed by atoms with E-state index in [4.69, 9.17) is 0 Å². The highest BCUT2D eigenvalue weighted by atomic mass is 79.9. The first-order valence-corrected chi connectivity index (χ1v) is 8.25. The summed E-state index contributed by atoms with van der Waals surface area (Å²) in [5.74, 6) is -0.348. The van der Waals surface area contributed by atoms with Crippen LogP contribution in [-0.4, -0.2) is 17.9 Å². The van der Waals surface area contributed by atoms with Gasteiger partial charge in [0.15, 0.2) is 0 Å². The normalized spacial score (nSPS) is 17.8. The fraction of sp³-hybridized carbons (Fsp3) is 0.222. The van der Waals surface area contributed by atoms with Gasteiger partial charge in [-0.2, -0.15) is 0 Å². The van der Waals surface area contributed by atoms with E-state index < -0.39 is 6.04 Å². The number of carbonyl (C=O) groups excluding carboxylic acids is 2. The average Bonchev–Trinajstić information content (AvgIpc) is 2.81. The Morgan fingerprint density at radius 3 is 2.61 bits per heavy atom. The summed E-state index contributed by atoms with van der Waals surface area (Å²) in [7, 11) is 0. The molecule has 2 aromatic carbocycles. The van der Waals surface area contributed by atoms with E-state index in [1.54, 1.807) is 0 Å². The molecule has 1 aliphatic rings. The van der Waals surface area contributed by atoms with Crippen LogP contribution in [0, 0.1) is 6.92 Å². The standard InChI is InChI=1S/C18H17BrN2O2/c1-12-5-7-15(8-6-12)21-17(22)10-16(18(21)23)20-11-13-3-2-4-14(19)9-13/h2-9,16,20H,10-11H2,1H3/t16-/m1/s1. The SMILES string of the molecule is Cc1ccc(N2C(=O)C[C@@H](NCc3cccc(Br)c3)C2=O)cc1. The predicted molar refractivity (Wildman–Crippen MR) is 93.1 cm³/mol. The molecule has 1 N–H and O–H groups in total. The van der Waals surface area contributed by atoms with Crippen LogP contribution in [0.5, 0.6) is 0 Å². The molecule has 4 nitrogen and oxygen atoms in total. The number of rotatable bonds is 4. The van der Waals surface area contributed by atoms with Gasteiger partial charge >= 0.3 is 0 Å². The first kappa shape index (κ1) is 15.9. The molecule has 2 aromatic rings. The maximum absolute atomic E-state index is 12.5. The Kier molecular flexibility index (Phi) is 4.59. The lowest BCUT2D eigenvalue weighted by Gasteiger charge is -2.16. The second-order valence-corrected chi connectivity index (χ2v) is 6.59. The lowest BCUT2D eigenvalue weighted by atomic mass is 10.2. The fourth-order valence-electron chi connectivity index (χ4n) is 2.64. The summed E-state index contributed by atoms with van der Waals surface area (Å²) in [6.45, 7) is 2.52. The van der Waals surface area contributed by atoms with Crippen molar-refractivity contribution in [3.8, 4) is 0 Å². The van der Waals surface area contributed by atoms with Crippen molar-refractivity contribution in [2.45, 2.75) is 25.9 Å². The molecule has 1 saturated heterocycles. The Labute approximate surface area is 143 Å². The second kappa shape index (κ2) is 6.64. The minimum Gasteiger partial charge on any atom is -0.301 e. The number of benzene rings is 2. The molecule has 0 spiro atoms. The van der Waals surface area contributed by atoms with E-state index in [-0.39, 0.29) is 18.2 Å². The van der Waals surface area contributed by atoms with Crippen LogP contribution in [-0.2, 0) is 16.1 Å². The first-order valence-electron chi connectivity index (χ1n) is 7.46. The third kappa shape index (κ3) is 3.51. The van der Waals surface area contributed by atoms with E-state index in [1.807, 2.05) is 55.5 Å². The Balaban J connectivity index is 1.70. The number of imide groups is 1. The molecule has 0 bridgehead atoms. The molecule has 3 rings (SSSR count). The van der Waals surface area contributed by atoms with Crippen LogP contribution in [0.15, 0.2) is 53.0 Å². The average molecular weight is 373 g/mol. The van der Waals surface area contributed by atoms with E-state index in [9.17, 15) is 9.59 Å². The van der Waals surface area contributed by atoms with Crippen LogP contribution in [0.4, 0.5) is 5.69 Å². The van der Waals surface area contributed by atoms with Gasteiger partial charge in [0, 0.05) is 11.0 Å². The molecule has 0 aliphatic carbocycles. The highest BCUT2D eigenvalue weighted by molar-refractivity contribution is 9.10. The van der Waals surface area contributed by atoms with E-state index in [2.05, 4.69) is 21.2 Å². The number of nitrogens with zero attached hydrogens (tertiary/aromatic N) is 1. The summed E-state index contributed by atoms with van der Waals surface area (Å²) in [5, 5.41) is 3.18. The van der Waals surface area contributed by atoms with E-state index in [0.717, 1.165) is 15.6 Å². The lowest BCUT2D eigenvalue weighted by Crippen LogP contribution is -2.38. The summed E-state index contributed by atoms with van der Waals surface area (Å²) in [6.07, 6.45) is 0.195. The molecule has 0 saturated carbocycles. The number of halogens is 1. The highest BCUT2D eigenvalue weighted by Crippen LogP contribution is 2.23. The van der Waals surface area contributed by atoms with Crippen LogP contribution < -0.4 is 10.2 Å². The molecule has 23 heavy (non-hydrogen) atoms. The van der Waals surface area contributed by atoms with Crippen molar-refractivity contribution in [1.82, 2.24) is 5.32 Å². The molecule has 0 radical (unpaired) electrons. The van der Waals surface area contributed by atoms with Crippen LogP contribution in [0.2, 0.25) is 0 Å². The molecule has 0 aromatic heterocycles. The van der Waals surface area contributed by atoms with Crippen LogP contribution >= 0.6 is 15.9 Å². The van der Waals surface area contributed by atoms with Crippen molar-refractivity contribution in [1.29, 1.82) is 0 Å². The molecule has 1 atom stereocenters. The molecule has 1 aliphatic heterocycles. The van der Waals surface area contributed by atoms with Crippen LogP contribution in [0.25, 0.3) is 0 Å². The maximum Gasteiger partial charge on any atom is 0.251 e. The number of anilines is 1.